The summed E-state index contributed by atoms with van der Waals surface area (Å²) in [5, 5.41) is 3.47. The van der Waals surface area contributed by atoms with Crippen molar-refractivity contribution in [1.29, 1.82) is 0 Å². The van der Waals surface area contributed by atoms with Gasteiger partial charge in [0.25, 0.3) is 0 Å². The van der Waals surface area contributed by atoms with E-state index in [1.165, 1.54) is 12.8 Å². The molecule has 0 bridgehead atoms. The second-order valence-electron chi connectivity index (χ2n) is 3.56. The molecule has 1 aliphatic carbocycles. The van der Waals surface area contributed by atoms with Crippen LogP contribution in [-0.4, -0.2) is 12.1 Å². The third-order valence-electron chi connectivity index (χ3n) is 2.38. The Morgan fingerprint density at radius 1 is 1.50 bits per heavy atom. The number of rotatable bonds is 2. The highest BCUT2D eigenvalue weighted by Crippen LogP contribution is 2.22. The van der Waals surface area contributed by atoms with Crippen LogP contribution in [0, 0.1) is 11.8 Å². The number of hydrogen-bond acceptors (Lipinski definition) is 1. The Morgan fingerprint density at radius 3 is 2.92 bits per heavy atom. The molecule has 0 aromatic carbocycles. The van der Waals surface area contributed by atoms with Gasteiger partial charge in [0, 0.05) is 5.54 Å². The smallest absolute Gasteiger partial charge is 0.0580 e. The summed E-state index contributed by atoms with van der Waals surface area (Å²) in [6.45, 7) is 4.97. The Bertz CT molecular complexity index is 219. The normalized spacial score (nSPS) is 27.8. The highest BCUT2D eigenvalue weighted by molar-refractivity contribution is 5.04. The molecule has 0 fully saturated rings. The standard InChI is InChI=1S/C11H17N/c1-3-4-10-12-11(2)8-6-5-7-9-11/h5-6,12H,7-10H2,1-2H3. The lowest BCUT2D eigenvalue weighted by Gasteiger charge is -2.31. The van der Waals surface area contributed by atoms with Gasteiger partial charge in [-0.1, -0.05) is 18.1 Å². The van der Waals surface area contributed by atoms with Crippen LogP contribution in [0.3, 0.4) is 0 Å². The first-order valence-corrected chi connectivity index (χ1v) is 4.56. The number of hydrogen-bond donors (Lipinski definition) is 1. The fourth-order valence-corrected chi connectivity index (χ4v) is 1.47. The molecule has 0 spiro atoms. The van der Waals surface area contributed by atoms with Crippen molar-refractivity contribution < 1.29 is 0 Å². The molecule has 0 radical (unpaired) electrons. The molecule has 66 valence electrons. The van der Waals surface area contributed by atoms with E-state index in [0.29, 0.717) is 5.54 Å². The summed E-state index contributed by atoms with van der Waals surface area (Å²) >= 11 is 0. The van der Waals surface area contributed by atoms with Crippen molar-refractivity contribution in [3.8, 4) is 11.8 Å². The molecule has 12 heavy (non-hydrogen) atoms. The zero-order valence-corrected chi connectivity index (χ0v) is 7.98. The minimum atomic E-state index is 0.290. The summed E-state index contributed by atoms with van der Waals surface area (Å²) in [5.74, 6) is 5.93. The maximum atomic E-state index is 3.47. The van der Waals surface area contributed by atoms with E-state index in [2.05, 4.69) is 36.2 Å². The highest BCUT2D eigenvalue weighted by atomic mass is 15.0. The first kappa shape index (κ1) is 9.35. The molecule has 0 saturated heterocycles. The number of nitrogens with one attached hydrogen (secondary N) is 1. The first-order chi connectivity index (χ1) is 5.77. The summed E-state index contributed by atoms with van der Waals surface area (Å²) in [5.41, 5.74) is 0.290. The van der Waals surface area contributed by atoms with E-state index in [0.717, 1.165) is 13.0 Å². The Balaban J connectivity index is 2.36. The van der Waals surface area contributed by atoms with Gasteiger partial charge in [-0.3, -0.25) is 0 Å². The molecule has 0 aliphatic heterocycles. The van der Waals surface area contributed by atoms with Gasteiger partial charge >= 0.3 is 0 Å². The fourth-order valence-electron chi connectivity index (χ4n) is 1.47. The van der Waals surface area contributed by atoms with Crippen LogP contribution in [0.5, 0.6) is 0 Å². The maximum absolute atomic E-state index is 3.47. The maximum Gasteiger partial charge on any atom is 0.0580 e. The van der Waals surface area contributed by atoms with Crippen LogP contribution in [0.4, 0.5) is 0 Å². The van der Waals surface area contributed by atoms with Gasteiger partial charge in [-0.2, -0.15) is 0 Å². The molecule has 1 heteroatoms. The molecule has 0 aromatic rings. The minimum Gasteiger partial charge on any atom is -0.301 e. The van der Waals surface area contributed by atoms with Crippen molar-refractivity contribution in [3.63, 3.8) is 0 Å². The Kier molecular flexibility index (Phi) is 3.37. The summed E-state index contributed by atoms with van der Waals surface area (Å²) in [6.07, 6.45) is 8.08. The zero-order chi connectivity index (χ0) is 8.86. The summed E-state index contributed by atoms with van der Waals surface area (Å²) < 4.78 is 0. The van der Waals surface area contributed by atoms with Crippen LogP contribution >= 0.6 is 0 Å². The molecular formula is C11H17N. The monoisotopic (exact) mass is 163 g/mol. The third kappa shape index (κ3) is 2.71. The minimum absolute atomic E-state index is 0.290. The van der Waals surface area contributed by atoms with Gasteiger partial charge in [0.2, 0.25) is 0 Å². The van der Waals surface area contributed by atoms with Crippen molar-refractivity contribution >= 4 is 0 Å². The van der Waals surface area contributed by atoms with Crippen LogP contribution in [0.2, 0.25) is 0 Å². The molecule has 1 N–H and O–H groups in total. The molecule has 1 unspecified atom stereocenters. The van der Waals surface area contributed by atoms with Crippen LogP contribution in [-0.2, 0) is 0 Å². The summed E-state index contributed by atoms with van der Waals surface area (Å²) in [4.78, 5) is 0. The quantitative estimate of drug-likeness (QED) is 0.485. The lowest BCUT2D eigenvalue weighted by atomic mass is 9.88. The van der Waals surface area contributed by atoms with Crippen LogP contribution < -0.4 is 5.32 Å². The fraction of sp³-hybridized carbons (Fsp3) is 0.636. The van der Waals surface area contributed by atoms with E-state index >= 15 is 0 Å². The molecule has 1 nitrogen and oxygen atoms in total. The highest BCUT2D eigenvalue weighted by Gasteiger charge is 2.22. The topological polar surface area (TPSA) is 12.0 Å². The van der Waals surface area contributed by atoms with Gasteiger partial charge in [0.05, 0.1) is 6.54 Å². The largest absolute Gasteiger partial charge is 0.301 e. The van der Waals surface area contributed by atoms with Crippen LogP contribution in [0.15, 0.2) is 12.2 Å². The van der Waals surface area contributed by atoms with Crippen LogP contribution in [0.25, 0.3) is 0 Å². The molecular weight excluding hydrogens is 146 g/mol. The second-order valence-corrected chi connectivity index (χ2v) is 3.56. The molecule has 1 aliphatic rings. The van der Waals surface area contributed by atoms with E-state index in [1.807, 2.05) is 6.92 Å². The van der Waals surface area contributed by atoms with Gasteiger partial charge < -0.3 is 5.32 Å². The molecule has 0 saturated carbocycles. The Labute approximate surface area is 75.2 Å². The van der Waals surface area contributed by atoms with Gasteiger partial charge in [-0.15, -0.1) is 5.92 Å². The average Bonchev–Trinajstić information content (AvgIpc) is 2.06. The number of allylic oxidation sites excluding steroid dienone is 1. The predicted molar refractivity (Wildman–Crippen MR) is 52.8 cm³/mol. The summed E-state index contributed by atoms with van der Waals surface area (Å²) in [6, 6.07) is 0. The second kappa shape index (κ2) is 4.33. The van der Waals surface area contributed by atoms with E-state index in [4.69, 9.17) is 0 Å². The van der Waals surface area contributed by atoms with Gasteiger partial charge in [0.1, 0.15) is 0 Å². The zero-order valence-electron chi connectivity index (χ0n) is 7.98. The molecule has 1 rings (SSSR count). The molecule has 1 atom stereocenters. The molecule has 0 amide bonds. The van der Waals surface area contributed by atoms with Crippen molar-refractivity contribution in [3.05, 3.63) is 12.2 Å². The van der Waals surface area contributed by atoms with E-state index in [-0.39, 0.29) is 0 Å². The van der Waals surface area contributed by atoms with Crippen molar-refractivity contribution in [2.45, 2.75) is 38.6 Å². The van der Waals surface area contributed by atoms with Crippen molar-refractivity contribution in [2.75, 3.05) is 6.54 Å². The van der Waals surface area contributed by atoms with Crippen LogP contribution in [0.1, 0.15) is 33.1 Å². The lowest BCUT2D eigenvalue weighted by Crippen LogP contribution is -2.42. The Hall–Kier alpha value is -0.740. The molecule has 0 aromatic heterocycles. The molecule has 0 heterocycles. The predicted octanol–water partition coefficient (Wildman–Crippen LogP) is 2.10. The lowest BCUT2D eigenvalue weighted by molar-refractivity contribution is 0.342. The SMILES string of the molecule is CC#CCNC1(C)CC=CCC1. The van der Waals surface area contributed by atoms with Gasteiger partial charge in [-0.25, -0.2) is 0 Å². The van der Waals surface area contributed by atoms with E-state index in [1.54, 1.807) is 0 Å². The average molecular weight is 163 g/mol. The Morgan fingerprint density at radius 2 is 2.33 bits per heavy atom. The van der Waals surface area contributed by atoms with Crippen molar-refractivity contribution in [2.24, 2.45) is 0 Å². The van der Waals surface area contributed by atoms with E-state index in [9.17, 15) is 0 Å². The van der Waals surface area contributed by atoms with E-state index < -0.39 is 0 Å². The van der Waals surface area contributed by atoms with Gasteiger partial charge in [0.15, 0.2) is 0 Å². The summed E-state index contributed by atoms with van der Waals surface area (Å²) in [7, 11) is 0. The third-order valence-corrected chi connectivity index (χ3v) is 2.38. The van der Waals surface area contributed by atoms with Crippen molar-refractivity contribution in [1.82, 2.24) is 5.32 Å². The first-order valence-electron chi connectivity index (χ1n) is 4.56. The van der Waals surface area contributed by atoms with Gasteiger partial charge in [-0.05, 0) is 33.1 Å².